The van der Waals surface area contributed by atoms with E-state index in [1.807, 2.05) is 53.9 Å². The normalized spacial score (nSPS) is 15.9. The van der Waals surface area contributed by atoms with Crippen LogP contribution >= 0.6 is 22.7 Å². The summed E-state index contributed by atoms with van der Waals surface area (Å²) in [5.74, 6) is 0.809. The topological polar surface area (TPSA) is 58.6 Å². The van der Waals surface area contributed by atoms with Crippen LogP contribution in [-0.2, 0) is 16.8 Å². The Balaban J connectivity index is 1.43. The molecular formula is C21H21NO3S2. The molecule has 2 N–H and O–H groups in total. The zero-order chi connectivity index (χ0) is 18.9. The fourth-order valence-electron chi connectivity index (χ4n) is 3.34. The second kappa shape index (κ2) is 7.46. The number of methoxy groups -OCH3 is 1. The summed E-state index contributed by atoms with van der Waals surface area (Å²) < 4.78 is 5.44. The zero-order valence-electron chi connectivity index (χ0n) is 15.0. The average Bonchev–Trinajstić information content (AvgIpc) is 3.10. The van der Waals surface area contributed by atoms with Crippen LogP contribution in [0.2, 0.25) is 0 Å². The van der Waals surface area contributed by atoms with Crippen molar-refractivity contribution in [1.82, 2.24) is 5.32 Å². The zero-order valence-corrected chi connectivity index (χ0v) is 16.6. The first-order valence-corrected chi connectivity index (χ1v) is 10.6. The third kappa shape index (κ3) is 3.52. The Morgan fingerprint density at radius 3 is 2.70 bits per heavy atom. The number of hydrogen-bond acceptors (Lipinski definition) is 5. The van der Waals surface area contributed by atoms with Gasteiger partial charge in [-0.05, 0) is 42.5 Å². The van der Waals surface area contributed by atoms with Crippen molar-refractivity contribution < 1.29 is 14.6 Å². The van der Waals surface area contributed by atoms with Crippen LogP contribution in [-0.4, -0.2) is 18.1 Å². The number of benzene rings is 1. The van der Waals surface area contributed by atoms with E-state index in [0.29, 0.717) is 6.54 Å². The predicted octanol–water partition coefficient (Wildman–Crippen LogP) is 4.25. The number of nitrogens with one attached hydrogen (secondary N) is 1. The quantitative estimate of drug-likeness (QED) is 0.624. The Morgan fingerprint density at radius 2 is 2.00 bits per heavy atom. The average molecular weight is 400 g/mol. The molecule has 1 unspecified atom stereocenters. The second-order valence-corrected chi connectivity index (χ2v) is 8.87. The lowest BCUT2D eigenvalue weighted by atomic mass is 9.94. The molecular weight excluding hydrogens is 378 g/mol. The van der Waals surface area contributed by atoms with Crippen molar-refractivity contribution in [2.24, 2.45) is 0 Å². The molecule has 1 aliphatic carbocycles. The van der Waals surface area contributed by atoms with Crippen molar-refractivity contribution in [2.75, 3.05) is 7.11 Å². The molecule has 4 rings (SSSR count). The van der Waals surface area contributed by atoms with Crippen molar-refractivity contribution in [1.29, 1.82) is 0 Å². The van der Waals surface area contributed by atoms with E-state index in [-0.39, 0.29) is 5.91 Å². The van der Waals surface area contributed by atoms with Gasteiger partial charge in [-0.3, -0.25) is 4.79 Å². The maximum atomic E-state index is 12.9. The van der Waals surface area contributed by atoms with E-state index in [9.17, 15) is 9.90 Å². The number of aliphatic hydroxyl groups is 1. The molecule has 0 aliphatic heterocycles. The van der Waals surface area contributed by atoms with Gasteiger partial charge in [0.2, 0.25) is 5.91 Å². The molecule has 140 valence electrons. The molecule has 1 aromatic carbocycles. The molecule has 2 heterocycles. The molecule has 1 atom stereocenters. The Bertz CT molecular complexity index is 929. The summed E-state index contributed by atoms with van der Waals surface area (Å²) in [7, 11) is 1.64. The lowest BCUT2D eigenvalue weighted by Crippen LogP contribution is -2.34. The van der Waals surface area contributed by atoms with Gasteiger partial charge < -0.3 is 15.2 Å². The van der Waals surface area contributed by atoms with Gasteiger partial charge in [0.25, 0.3) is 0 Å². The standard InChI is InChI=1S/C21H21NO3S2/c1-25-16-6-3-2-5-15(16)21(10-11-21)20(24)22-13-14-8-9-18(27-14)19(23)17-7-4-12-26-17/h2-9,12,19,23H,10-11,13H2,1H3,(H,22,24). The summed E-state index contributed by atoms with van der Waals surface area (Å²) in [4.78, 5) is 15.7. The largest absolute Gasteiger partial charge is 0.496 e. The van der Waals surface area contributed by atoms with E-state index in [1.54, 1.807) is 18.4 Å². The van der Waals surface area contributed by atoms with Crippen LogP contribution in [0.1, 0.15) is 39.1 Å². The minimum absolute atomic E-state index is 0.0424. The second-order valence-electron chi connectivity index (χ2n) is 6.69. The lowest BCUT2D eigenvalue weighted by molar-refractivity contribution is -0.123. The highest BCUT2D eigenvalue weighted by Crippen LogP contribution is 2.51. The Labute approximate surface area is 166 Å². The third-order valence-corrected chi connectivity index (χ3v) is 7.06. The van der Waals surface area contributed by atoms with Crippen LogP contribution in [0.25, 0.3) is 0 Å². The van der Waals surface area contributed by atoms with Crippen LogP contribution in [0.4, 0.5) is 0 Å². The number of hydrogen-bond donors (Lipinski definition) is 2. The molecule has 6 heteroatoms. The van der Waals surface area contributed by atoms with Crippen LogP contribution < -0.4 is 10.1 Å². The summed E-state index contributed by atoms with van der Waals surface area (Å²) in [5.41, 5.74) is 0.494. The first kappa shape index (κ1) is 18.2. The molecule has 1 amide bonds. The van der Waals surface area contributed by atoms with Crippen LogP contribution in [0, 0.1) is 0 Å². The predicted molar refractivity (Wildman–Crippen MR) is 108 cm³/mol. The number of amides is 1. The molecule has 27 heavy (non-hydrogen) atoms. The summed E-state index contributed by atoms with van der Waals surface area (Å²) in [6.45, 7) is 0.470. The maximum Gasteiger partial charge on any atom is 0.231 e. The number of ether oxygens (including phenoxy) is 1. The van der Waals surface area contributed by atoms with Gasteiger partial charge in [-0.2, -0.15) is 0 Å². The monoisotopic (exact) mass is 399 g/mol. The Kier molecular flexibility index (Phi) is 5.04. The van der Waals surface area contributed by atoms with Crippen molar-refractivity contribution in [3.8, 4) is 5.75 Å². The van der Waals surface area contributed by atoms with E-state index < -0.39 is 11.5 Å². The third-order valence-electron chi connectivity index (χ3n) is 4.99. The van der Waals surface area contributed by atoms with E-state index >= 15 is 0 Å². The van der Waals surface area contributed by atoms with Crippen molar-refractivity contribution in [3.63, 3.8) is 0 Å². The number of carbonyl (C=O) groups is 1. The van der Waals surface area contributed by atoms with Crippen LogP contribution in [0.5, 0.6) is 5.75 Å². The maximum absolute atomic E-state index is 12.9. The van der Waals surface area contributed by atoms with Gasteiger partial charge in [-0.1, -0.05) is 24.3 Å². The molecule has 4 nitrogen and oxygen atoms in total. The molecule has 0 radical (unpaired) electrons. The van der Waals surface area contributed by atoms with Crippen LogP contribution in [0.3, 0.4) is 0 Å². The summed E-state index contributed by atoms with van der Waals surface area (Å²) in [5, 5.41) is 15.5. The van der Waals surface area contributed by atoms with Crippen molar-refractivity contribution in [3.05, 3.63) is 74.1 Å². The fraction of sp³-hybridized carbons (Fsp3) is 0.286. The Morgan fingerprint density at radius 1 is 1.19 bits per heavy atom. The first-order chi connectivity index (χ1) is 13.1. The first-order valence-electron chi connectivity index (χ1n) is 8.86. The van der Waals surface area contributed by atoms with Crippen LogP contribution in [0.15, 0.2) is 53.9 Å². The summed E-state index contributed by atoms with van der Waals surface area (Å²) in [6, 6.07) is 15.5. The number of carbonyl (C=O) groups excluding carboxylic acids is 1. The molecule has 3 aromatic rings. The van der Waals surface area contributed by atoms with Gasteiger partial charge in [0, 0.05) is 20.2 Å². The molecule has 0 bridgehead atoms. The van der Waals surface area contributed by atoms with Gasteiger partial charge >= 0.3 is 0 Å². The summed E-state index contributed by atoms with van der Waals surface area (Å²) in [6.07, 6.45) is 1.08. The van der Waals surface area contributed by atoms with E-state index in [2.05, 4.69) is 5.32 Å². The summed E-state index contributed by atoms with van der Waals surface area (Å²) >= 11 is 3.07. The SMILES string of the molecule is COc1ccccc1C1(C(=O)NCc2ccc(C(O)c3cccs3)s2)CC1. The molecule has 1 aliphatic rings. The highest BCUT2D eigenvalue weighted by molar-refractivity contribution is 7.12. The van der Waals surface area contributed by atoms with Gasteiger partial charge in [0.1, 0.15) is 11.9 Å². The number of para-hydroxylation sites is 1. The molecule has 1 saturated carbocycles. The molecule has 0 saturated heterocycles. The molecule has 0 spiro atoms. The minimum Gasteiger partial charge on any atom is -0.496 e. The highest BCUT2D eigenvalue weighted by atomic mass is 32.1. The van der Waals surface area contributed by atoms with Gasteiger partial charge in [-0.25, -0.2) is 0 Å². The molecule has 1 fully saturated rings. The van der Waals surface area contributed by atoms with Crippen molar-refractivity contribution >= 4 is 28.6 Å². The van der Waals surface area contributed by atoms with E-state index in [4.69, 9.17) is 4.74 Å². The Hall–Kier alpha value is -2.15. The number of rotatable bonds is 7. The smallest absolute Gasteiger partial charge is 0.231 e. The van der Waals surface area contributed by atoms with Gasteiger partial charge in [0.15, 0.2) is 0 Å². The lowest BCUT2D eigenvalue weighted by Gasteiger charge is -2.18. The highest BCUT2D eigenvalue weighted by Gasteiger charge is 2.52. The van der Waals surface area contributed by atoms with Crippen molar-refractivity contribution in [2.45, 2.75) is 30.9 Å². The van der Waals surface area contributed by atoms with Gasteiger partial charge in [0.05, 0.1) is 19.1 Å². The number of aliphatic hydroxyl groups excluding tert-OH is 1. The van der Waals surface area contributed by atoms with E-state index in [0.717, 1.165) is 38.8 Å². The molecule has 2 aromatic heterocycles. The number of thiophene rings is 2. The van der Waals surface area contributed by atoms with E-state index in [1.165, 1.54) is 11.3 Å². The minimum atomic E-state index is -0.595. The fourth-order valence-corrected chi connectivity index (χ4v) is 5.10. The van der Waals surface area contributed by atoms with Gasteiger partial charge in [-0.15, -0.1) is 22.7 Å².